The fourth-order valence-electron chi connectivity index (χ4n) is 2.05. The number of hydrogen-bond donors (Lipinski definition) is 1. The Balaban J connectivity index is 2.83. The number of rotatable bonds is 8. The number of likely N-dealkylation sites (N-methyl/N-ethyl adjacent to an activating group) is 1. The molecule has 0 aliphatic rings. The van der Waals surface area contributed by atoms with Gasteiger partial charge in [0, 0.05) is 30.9 Å². The summed E-state index contributed by atoms with van der Waals surface area (Å²) in [5, 5.41) is 10.1. The number of aliphatic hydroxyl groups is 1. The van der Waals surface area contributed by atoms with Gasteiger partial charge in [0.25, 0.3) is 0 Å². The van der Waals surface area contributed by atoms with Crippen LogP contribution in [0.5, 0.6) is 0 Å². The molecule has 1 N–H and O–H groups in total. The summed E-state index contributed by atoms with van der Waals surface area (Å²) in [4.78, 5) is 2.25. The molecule has 0 amide bonds. The molecule has 0 saturated heterocycles. The van der Waals surface area contributed by atoms with Gasteiger partial charge in [-0.25, -0.2) is 0 Å². The summed E-state index contributed by atoms with van der Waals surface area (Å²) in [5.74, 6) is 0. The minimum Gasteiger partial charge on any atom is -0.388 e. The molecule has 1 rings (SSSR count). The third-order valence-corrected chi connectivity index (χ3v) is 3.11. The van der Waals surface area contributed by atoms with E-state index in [0.29, 0.717) is 0 Å². The van der Waals surface area contributed by atoms with Crippen molar-refractivity contribution in [2.45, 2.75) is 33.3 Å². The third-order valence-electron chi connectivity index (χ3n) is 3.11. The summed E-state index contributed by atoms with van der Waals surface area (Å²) in [6, 6.07) is 8.08. The van der Waals surface area contributed by atoms with Crippen LogP contribution in [0.15, 0.2) is 24.3 Å². The van der Waals surface area contributed by atoms with E-state index in [4.69, 9.17) is 4.74 Å². The number of benzene rings is 1. The van der Waals surface area contributed by atoms with E-state index in [1.54, 1.807) is 0 Å². The molecule has 0 heterocycles. The summed E-state index contributed by atoms with van der Waals surface area (Å²) in [5.41, 5.74) is 2.13. The maximum atomic E-state index is 10.1. The van der Waals surface area contributed by atoms with E-state index in [9.17, 15) is 5.11 Å². The van der Waals surface area contributed by atoms with E-state index in [1.165, 1.54) is 0 Å². The van der Waals surface area contributed by atoms with Crippen molar-refractivity contribution < 1.29 is 9.84 Å². The molecule has 0 aliphatic carbocycles. The Hall–Kier alpha value is -1.06. The summed E-state index contributed by atoms with van der Waals surface area (Å²) in [6.45, 7) is 9.38. The SMILES string of the molecule is CCOCCN(CC)c1ccccc1[C@@H](O)CC. The molecule has 0 saturated carbocycles. The first-order valence-corrected chi connectivity index (χ1v) is 6.84. The molecule has 1 atom stereocenters. The summed E-state index contributed by atoms with van der Waals surface area (Å²) in [7, 11) is 0. The molecule has 102 valence electrons. The zero-order chi connectivity index (χ0) is 13.4. The summed E-state index contributed by atoms with van der Waals surface area (Å²) >= 11 is 0. The molecule has 18 heavy (non-hydrogen) atoms. The Morgan fingerprint density at radius 1 is 1.22 bits per heavy atom. The van der Waals surface area contributed by atoms with Crippen LogP contribution in [0.4, 0.5) is 5.69 Å². The van der Waals surface area contributed by atoms with Gasteiger partial charge in [0.2, 0.25) is 0 Å². The van der Waals surface area contributed by atoms with E-state index in [-0.39, 0.29) is 6.10 Å². The maximum Gasteiger partial charge on any atom is 0.0807 e. The lowest BCUT2D eigenvalue weighted by molar-refractivity contribution is 0.153. The Labute approximate surface area is 110 Å². The van der Waals surface area contributed by atoms with E-state index in [2.05, 4.69) is 17.9 Å². The van der Waals surface area contributed by atoms with Crippen molar-refractivity contribution in [3.63, 3.8) is 0 Å². The molecule has 0 fully saturated rings. The van der Waals surface area contributed by atoms with Crippen molar-refractivity contribution in [1.82, 2.24) is 0 Å². The molecule has 1 aromatic carbocycles. The van der Waals surface area contributed by atoms with E-state index >= 15 is 0 Å². The van der Waals surface area contributed by atoms with Crippen molar-refractivity contribution in [1.29, 1.82) is 0 Å². The molecule has 0 aliphatic heterocycles. The van der Waals surface area contributed by atoms with Crippen molar-refractivity contribution in [3.05, 3.63) is 29.8 Å². The van der Waals surface area contributed by atoms with Crippen molar-refractivity contribution in [3.8, 4) is 0 Å². The number of anilines is 1. The Bertz CT molecular complexity index is 341. The Morgan fingerprint density at radius 3 is 2.56 bits per heavy atom. The van der Waals surface area contributed by atoms with Crippen molar-refractivity contribution >= 4 is 5.69 Å². The van der Waals surface area contributed by atoms with Gasteiger partial charge in [-0.05, 0) is 26.3 Å². The van der Waals surface area contributed by atoms with Crippen LogP contribution in [0, 0.1) is 0 Å². The lowest BCUT2D eigenvalue weighted by atomic mass is 10.0. The maximum absolute atomic E-state index is 10.1. The first kappa shape index (κ1) is 15.0. The van der Waals surface area contributed by atoms with Gasteiger partial charge in [-0.15, -0.1) is 0 Å². The number of aliphatic hydroxyl groups excluding tert-OH is 1. The zero-order valence-electron chi connectivity index (χ0n) is 11.7. The number of hydrogen-bond acceptors (Lipinski definition) is 3. The van der Waals surface area contributed by atoms with Crippen LogP contribution in [0.1, 0.15) is 38.9 Å². The van der Waals surface area contributed by atoms with Gasteiger partial charge >= 0.3 is 0 Å². The topological polar surface area (TPSA) is 32.7 Å². The smallest absolute Gasteiger partial charge is 0.0807 e. The first-order valence-electron chi connectivity index (χ1n) is 6.84. The fourth-order valence-corrected chi connectivity index (χ4v) is 2.05. The van der Waals surface area contributed by atoms with Crippen LogP contribution >= 0.6 is 0 Å². The Morgan fingerprint density at radius 2 is 1.94 bits per heavy atom. The second kappa shape index (κ2) is 8.11. The first-order chi connectivity index (χ1) is 8.74. The highest BCUT2D eigenvalue weighted by atomic mass is 16.5. The van der Waals surface area contributed by atoms with Gasteiger partial charge in [0.1, 0.15) is 0 Å². The summed E-state index contributed by atoms with van der Waals surface area (Å²) < 4.78 is 5.41. The van der Waals surface area contributed by atoms with E-state index in [1.807, 2.05) is 32.0 Å². The molecular formula is C15H25NO2. The highest BCUT2D eigenvalue weighted by Crippen LogP contribution is 2.27. The van der Waals surface area contributed by atoms with Crippen LogP contribution in [0.3, 0.4) is 0 Å². The third kappa shape index (κ3) is 4.00. The molecule has 0 aromatic heterocycles. The molecule has 0 unspecified atom stereocenters. The lowest BCUT2D eigenvalue weighted by Gasteiger charge is -2.27. The molecule has 3 heteroatoms. The van der Waals surface area contributed by atoms with Crippen LogP contribution < -0.4 is 4.90 Å². The largest absolute Gasteiger partial charge is 0.388 e. The van der Waals surface area contributed by atoms with Gasteiger partial charge in [0.15, 0.2) is 0 Å². The molecule has 0 spiro atoms. The normalized spacial score (nSPS) is 12.4. The standard InChI is InChI=1S/C15H25NO2/c1-4-15(17)13-9-7-8-10-14(13)16(5-2)11-12-18-6-3/h7-10,15,17H,4-6,11-12H2,1-3H3/t15-/m0/s1. The summed E-state index contributed by atoms with van der Waals surface area (Å²) in [6.07, 6.45) is 0.349. The molecular weight excluding hydrogens is 226 g/mol. The van der Waals surface area contributed by atoms with Crippen molar-refractivity contribution in [2.75, 3.05) is 31.2 Å². The van der Waals surface area contributed by atoms with Crippen LogP contribution in [-0.4, -0.2) is 31.4 Å². The molecule has 3 nitrogen and oxygen atoms in total. The van der Waals surface area contributed by atoms with Crippen molar-refractivity contribution in [2.24, 2.45) is 0 Å². The molecule has 1 aromatic rings. The predicted molar refractivity (Wildman–Crippen MR) is 76.1 cm³/mol. The van der Waals surface area contributed by atoms with Gasteiger partial charge in [-0.1, -0.05) is 25.1 Å². The lowest BCUT2D eigenvalue weighted by Crippen LogP contribution is -2.28. The molecule has 0 radical (unpaired) electrons. The predicted octanol–water partition coefficient (Wildman–Crippen LogP) is 2.99. The fraction of sp³-hybridized carbons (Fsp3) is 0.600. The highest BCUT2D eigenvalue weighted by molar-refractivity contribution is 5.54. The van der Waals surface area contributed by atoms with Crippen LogP contribution in [-0.2, 0) is 4.74 Å². The number of nitrogens with zero attached hydrogens (tertiary/aromatic N) is 1. The quantitative estimate of drug-likeness (QED) is 0.721. The van der Waals surface area contributed by atoms with Gasteiger partial charge in [-0.3, -0.25) is 0 Å². The minimum atomic E-state index is -0.387. The second-order valence-electron chi connectivity index (χ2n) is 4.26. The number of para-hydroxylation sites is 1. The highest BCUT2D eigenvalue weighted by Gasteiger charge is 2.14. The molecule has 0 bridgehead atoms. The average molecular weight is 251 g/mol. The minimum absolute atomic E-state index is 0.387. The second-order valence-corrected chi connectivity index (χ2v) is 4.26. The van der Waals surface area contributed by atoms with Crippen LogP contribution in [0.25, 0.3) is 0 Å². The monoisotopic (exact) mass is 251 g/mol. The van der Waals surface area contributed by atoms with Gasteiger partial charge in [0.05, 0.1) is 12.7 Å². The van der Waals surface area contributed by atoms with Crippen LogP contribution in [0.2, 0.25) is 0 Å². The Kier molecular flexibility index (Phi) is 6.76. The number of ether oxygens (including phenoxy) is 1. The van der Waals surface area contributed by atoms with Gasteiger partial charge < -0.3 is 14.7 Å². The van der Waals surface area contributed by atoms with Gasteiger partial charge in [-0.2, -0.15) is 0 Å². The van der Waals surface area contributed by atoms with E-state index in [0.717, 1.165) is 44.0 Å². The average Bonchev–Trinajstić information content (AvgIpc) is 2.43. The van der Waals surface area contributed by atoms with E-state index < -0.39 is 0 Å². The zero-order valence-corrected chi connectivity index (χ0v) is 11.7.